The standard InChI is InChI=1S/C7H12IN3/c1-2-7-10-6(8)5-11(7)4-3-9/h5H,2-4,9H2,1H3. The quantitative estimate of drug-likeness (QED) is 0.829. The summed E-state index contributed by atoms with van der Waals surface area (Å²) in [5.41, 5.74) is 5.44. The third kappa shape index (κ3) is 2.16. The van der Waals surface area contributed by atoms with Gasteiger partial charge >= 0.3 is 0 Å². The Bertz CT molecular complexity index is 232. The van der Waals surface area contributed by atoms with Gasteiger partial charge in [0.1, 0.15) is 9.53 Å². The van der Waals surface area contributed by atoms with Gasteiger partial charge in [-0.25, -0.2) is 4.98 Å². The van der Waals surface area contributed by atoms with Gasteiger partial charge in [0.2, 0.25) is 0 Å². The van der Waals surface area contributed by atoms with Crippen molar-refractivity contribution >= 4 is 22.6 Å². The van der Waals surface area contributed by atoms with Crippen LogP contribution in [0.5, 0.6) is 0 Å². The number of nitrogens with zero attached hydrogens (tertiary/aromatic N) is 2. The Hall–Kier alpha value is -0.100. The first-order valence-electron chi connectivity index (χ1n) is 3.69. The van der Waals surface area contributed by atoms with E-state index in [1.165, 1.54) is 0 Å². The number of hydrogen-bond donors (Lipinski definition) is 1. The van der Waals surface area contributed by atoms with Crippen molar-refractivity contribution in [1.82, 2.24) is 9.55 Å². The number of halogens is 1. The molecular formula is C7H12IN3. The normalized spacial score (nSPS) is 10.5. The van der Waals surface area contributed by atoms with E-state index in [0.717, 1.165) is 22.5 Å². The summed E-state index contributed by atoms with van der Waals surface area (Å²) < 4.78 is 3.16. The Labute approximate surface area is 80.1 Å². The molecule has 0 aliphatic carbocycles. The predicted molar refractivity (Wildman–Crippen MR) is 53.4 cm³/mol. The number of aryl methyl sites for hydroxylation is 1. The third-order valence-electron chi connectivity index (χ3n) is 1.52. The van der Waals surface area contributed by atoms with Crippen molar-refractivity contribution in [2.75, 3.05) is 6.54 Å². The van der Waals surface area contributed by atoms with Crippen LogP contribution < -0.4 is 5.73 Å². The first-order chi connectivity index (χ1) is 5.27. The number of hydrogen-bond acceptors (Lipinski definition) is 2. The lowest BCUT2D eigenvalue weighted by atomic mass is 10.4. The molecule has 1 aromatic rings. The summed E-state index contributed by atoms with van der Waals surface area (Å²) in [6.07, 6.45) is 3.01. The van der Waals surface area contributed by atoms with E-state index in [-0.39, 0.29) is 0 Å². The molecule has 0 radical (unpaired) electrons. The van der Waals surface area contributed by atoms with Crippen LogP contribution in [0.3, 0.4) is 0 Å². The van der Waals surface area contributed by atoms with Gasteiger partial charge in [-0.05, 0) is 22.6 Å². The Morgan fingerprint density at radius 3 is 3.00 bits per heavy atom. The third-order valence-corrected chi connectivity index (χ3v) is 2.04. The Balaban J connectivity index is 2.83. The van der Waals surface area contributed by atoms with Crippen molar-refractivity contribution in [1.29, 1.82) is 0 Å². The molecule has 11 heavy (non-hydrogen) atoms. The van der Waals surface area contributed by atoms with Crippen molar-refractivity contribution in [2.24, 2.45) is 5.73 Å². The van der Waals surface area contributed by atoms with Gasteiger partial charge in [-0.2, -0.15) is 0 Å². The zero-order chi connectivity index (χ0) is 8.27. The van der Waals surface area contributed by atoms with Crippen LogP contribution in [-0.4, -0.2) is 16.1 Å². The van der Waals surface area contributed by atoms with E-state index in [0.29, 0.717) is 6.54 Å². The van der Waals surface area contributed by atoms with E-state index in [4.69, 9.17) is 5.73 Å². The molecule has 0 saturated carbocycles. The molecule has 0 atom stereocenters. The summed E-state index contributed by atoms with van der Waals surface area (Å²) in [6.45, 7) is 3.66. The number of nitrogens with two attached hydrogens (primary N) is 1. The van der Waals surface area contributed by atoms with Crippen molar-refractivity contribution < 1.29 is 0 Å². The van der Waals surface area contributed by atoms with Gasteiger partial charge in [-0.1, -0.05) is 6.92 Å². The second-order valence-electron chi connectivity index (χ2n) is 2.32. The summed E-state index contributed by atoms with van der Waals surface area (Å²) in [6, 6.07) is 0. The summed E-state index contributed by atoms with van der Waals surface area (Å²) >= 11 is 2.22. The van der Waals surface area contributed by atoms with E-state index in [1.54, 1.807) is 0 Å². The van der Waals surface area contributed by atoms with E-state index in [1.807, 2.05) is 6.20 Å². The molecule has 0 spiro atoms. The van der Waals surface area contributed by atoms with Crippen LogP contribution in [0.25, 0.3) is 0 Å². The average molecular weight is 265 g/mol. The highest BCUT2D eigenvalue weighted by Crippen LogP contribution is 2.05. The lowest BCUT2D eigenvalue weighted by Gasteiger charge is -2.01. The molecule has 0 saturated heterocycles. The predicted octanol–water partition coefficient (Wildman–Crippen LogP) is 1.01. The molecule has 0 fully saturated rings. The lowest BCUT2D eigenvalue weighted by molar-refractivity contribution is 0.666. The van der Waals surface area contributed by atoms with E-state index in [9.17, 15) is 0 Å². The SMILES string of the molecule is CCc1nc(I)cn1CCN. The molecule has 0 bridgehead atoms. The zero-order valence-electron chi connectivity index (χ0n) is 6.55. The zero-order valence-corrected chi connectivity index (χ0v) is 8.71. The maximum atomic E-state index is 5.44. The number of imidazole rings is 1. The molecule has 1 heterocycles. The van der Waals surface area contributed by atoms with Gasteiger partial charge in [0.05, 0.1) is 0 Å². The van der Waals surface area contributed by atoms with Gasteiger partial charge in [-0.3, -0.25) is 0 Å². The highest BCUT2D eigenvalue weighted by Gasteiger charge is 2.01. The van der Waals surface area contributed by atoms with Crippen LogP contribution in [0.2, 0.25) is 0 Å². The van der Waals surface area contributed by atoms with Crippen molar-refractivity contribution in [3.05, 3.63) is 15.7 Å². The summed E-state index contributed by atoms with van der Waals surface area (Å²) in [5, 5.41) is 0. The second kappa shape index (κ2) is 4.06. The largest absolute Gasteiger partial charge is 0.333 e. The van der Waals surface area contributed by atoms with Crippen molar-refractivity contribution in [2.45, 2.75) is 19.9 Å². The minimum Gasteiger partial charge on any atom is -0.333 e. The Kier molecular flexibility index (Phi) is 3.32. The van der Waals surface area contributed by atoms with E-state index >= 15 is 0 Å². The molecule has 0 aromatic carbocycles. The van der Waals surface area contributed by atoms with Crippen LogP contribution in [0.15, 0.2) is 6.20 Å². The molecule has 62 valence electrons. The second-order valence-corrected chi connectivity index (χ2v) is 3.42. The maximum absolute atomic E-state index is 5.44. The average Bonchev–Trinajstić information content (AvgIpc) is 2.32. The molecule has 0 unspecified atom stereocenters. The highest BCUT2D eigenvalue weighted by molar-refractivity contribution is 14.1. The van der Waals surface area contributed by atoms with Gasteiger partial charge < -0.3 is 10.3 Å². The van der Waals surface area contributed by atoms with Crippen LogP contribution in [0.4, 0.5) is 0 Å². The van der Waals surface area contributed by atoms with Crippen LogP contribution in [-0.2, 0) is 13.0 Å². The lowest BCUT2D eigenvalue weighted by Crippen LogP contribution is -2.11. The van der Waals surface area contributed by atoms with Crippen molar-refractivity contribution in [3.8, 4) is 0 Å². The van der Waals surface area contributed by atoms with Crippen LogP contribution >= 0.6 is 22.6 Å². The van der Waals surface area contributed by atoms with Crippen LogP contribution in [0.1, 0.15) is 12.7 Å². The van der Waals surface area contributed by atoms with Crippen molar-refractivity contribution in [3.63, 3.8) is 0 Å². The molecule has 4 heteroatoms. The molecule has 0 amide bonds. The smallest absolute Gasteiger partial charge is 0.119 e. The first kappa shape index (κ1) is 8.99. The fourth-order valence-corrected chi connectivity index (χ4v) is 1.65. The highest BCUT2D eigenvalue weighted by atomic mass is 127. The Morgan fingerprint density at radius 1 is 1.73 bits per heavy atom. The topological polar surface area (TPSA) is 43.8 Å². The van der Waals surface area contributed by atoms with Crippen LogP contribution in [0, 0.1) is 3.70 Å². The molecule has 3 nitrogen and oxygen atoms in total. The molecule has 0 aliphatic heterocycles. The molecular weight excluding hydrogens is 253 g/mol. The minimum absolute atomic E-state index is 0.680. The van der Waals surface area contributed by atoms with Gasteiger partial charge in [-0.15, -0.1) is 0 Å². The summed E-state index contributed by atoms with van der Waals surface area (Å²) in [5.74, 6) is 1.12. The minimum atomic E-state index is 0.680. The number of rotatable bonds is 3. The Morgan fingerprint density at radius 2 is 2.45 bits per heavy atom. The molecule has 2 N–H and O–H groups in total. The fraction of sp³-hybridized carbons (Fsp3) is 0.571. The molecule has 1 rings (SSSR count). The van der Waals surface area contributed by atoms with Gasteiger partial charge in [0, 0.05) is 25.7 Å². The molecule has 1 aromatic heterocycles. The summed E-state index contributed by atoms with van der Waals surface area (Å²) in [7, 11) is 0. The summed E-state index contributed by atoms with van der Waals surface area (Å²) in [4.78, 5) is 4.34. The fourth-order valence-electron chi connectivity index (χ4n) is 1.03. The molecule has 0 aliphatic rings. The number of aromatic nitrogens is 2. The maximum Gasteiger partial charge on any atom is 0.119 e. The van der Waals surface area contributed by atoms with Gasteiger partial charge in [0.25, 0.3) is 0 Å². The van der Waals surface area contributed by atoms with E-state index in [2.05, 4.69) is 39.1 Å². The van der Waals surface area contributed by atoms with E-state index < -0.39 is 0 Å². The van der Waals surface area contributed by atoms with Gasteiger partial charge in [0.15, 0.2) is 0 Å². The first-order valence-corrected chi connectivity index (χ1v) is 4.77. The monoisotopic (exact) mass is 265 g/mol.